The van der Waals surface area contributed by atoms with E-state index in [-0.39, 0.29) is 6.04 Å². The third-order valence-electron chi connectivity index (χ3n) is 2.08. The van der Waals surface area contributed by atoms with E-state index < -0.39 is 5.69 Å². The van der Waals surface area contributed by atoms with Gasteiger partial charge in [0, 0.05) is 18.4 Å². The van der Waals surface area contributed by atoms with Crippen LogP contribution in [0.2, 0.25) is 0 Å². The van der Waals surface area contributed by atoms with Crippen LogP contribution in [0.1, 0.15) is 19.9 Å². The second kappa shape index (κ2) is 3.54. The molecule has 0 radical (unpaired) electrons. The van der Waals surface area contributed by atoms with Gasteiger partial charge < -0.3 is 4.57 Å². The van der Waals surface area contributed by atoms with E-state index in [1.807, 2.05) is 24.6 Å². The highest BCUT2D eigenvalue weighted by Crippen LogP contribution is 2.10. The second-order valence-electron chi connectivity index (χ2n) is 3.52. The Labute approximate surface area is 90.8 Å². The molecule has 0 amide bonds. The van der Waals surface area contributed by atoms with Crippen LogP contribution in [0.4, 0.5) is 0 Å². The quantitative estimate of drug-likeness (QED) is 0.741. The first-order valence-electron chi connectivity index (χ1n) is 4.56. The highest BCUT2D eigenvalue weighted by atomic mass is 32.1. The molecule has 2 aromatic rings. The van der Waals surface area contributed by atoms with Crippen molar-refractivity contribution in [3.05, 3.63) is 27.6 Å². The molecule has 15 heavy (non-hydrogen) atoms. The van der Waals surface area contributed by atoms with Gasteiger partial charge in [0.25, 0.3) is 0 Å². The van der Waals surface area contributed by atoms with Gasteiger partial charge in [-0.1, -0.05) is 0 Å². The van der Waals surface area contributed by atoms with Crippen molar-refractivity contribution >= 4 is 23.3 Å². The molecule has 0 unspecified atom stereocenters. The van der Waals surface area contributed by atoms with Crippen LogP contribution >= 0.6 is 12.2 Å². The van der Waals surface area contributed by atoms with Gasteiger partial charge in [0.05, 0.1) is 5.39 Å². The van der Waals surface area contributed by atoms with Crippen LogP contribution < -0.4 is 5.69 Å². The fraction of sp³-hybridized carbons (Fsp3) is 0.333. The molecular formula is C9H10N4OS. The summed E-state index contributed by atoms with van der Waals surface area (Å²) in [5, 5.41) is 0.775. The highest BCUT2D eigenvalue weighted by Gasteiger charge is 2.02. The van der Waals surface area contributed by atoms with Gasteiger partial charge >= 0.3 is 5.69 Å². The van der Waals surface area contributed by atoms with Crippen LogP contribution in [-0.2, 0) is 0 Å². The Bertz CT molecular complexity index is 613. The van der Waals surface area contributed by atoms with Crippen molar-refractivity contribution < 1.29 is 0 Å². The fourth-order valence-electron chi connectivity index (χ4n) is 1.31. The van der Waals surface area contributed by atoms with Gasteiger partial charge in [-0.05, 0) is 26.1 Å². The number of fused-ring (bicyclic) bond motifs is 1. The Kier molecular flexibility index (Phi) is 2.36. The molecule has 0 saturated carbocycles. The molecule has 0 bridgehead atoms. The van der Waals surface area contributed by atoms with Gasteiger partial charge in [-0.25, -0.2) is 14.8 Å². The minimum atomic E-state index is -0.410. The zero-order valence-corrected chi connectivity index (χ0v) is 9.21. The maximum absolute atomic E-state index is 11.0. The first-order valence-corrected chi connectivity index (χ1v) is 4.97. The van der Waals surface area contributed by atoms with Gasteiger partial charge in [0.1, 0.15) is 5.65 Å². The molecule has 6 heteroatoms. The molecule has 0 aromatic carbocycles. The lowest BCUT2D eigenvalue weighted by Gasteiger charge is -2.10. The van der Waals surface area contributed by atoms with Gasteiger partial charge in [0.2, 0.25) is 4.77 Å². The lowest BCUT2D eigenvalue weighted by molar-refractivity contribution is 0.581. The van der Waals surface area contributed by atoms with Crippen molar-refractivity contribution in [3.8, 4) is 0 Å². The molecule has 5 nitrogen and oxygen atoms in total. The van der Waals surface area contributed by atoms with E-state index in [2.05, 4.69) is 15.0 Å². The average Bonchev–Trinajstić information content (AvgIpc) is 2.15. The topological polar surface area (TPSA) is 63.6 Å². The Morgan fingerprint density at radius 2 is 2.27 bits per heavy atom. The van der Waals surface area contributed by atoms with Crippen LogP contribution in [0.25, 0.3) is 11.0 Å². The van der Waals surface area contributed by atoms with E-state index >= 15 is 0 Å². The van der Waals surface area contributed by atoms with Crippen molar-refractivity contribution in [1.82, 2.24) is 19.5 Å². The number of hydrogen-bond donors (Lipinski definition) is 1. The van der Waals surface area contributed by atoms with E-state index in [9.17, 15) is 4.79 Å². The molecule has 0 aliphatic rings. The van der Waals surface area contributed by atoms with Crippen LogP contribution in [0.3, 0.4) is 0 Å². The summed E-state index contributed by atoms with van der Waals surface area (Å²) in [4.78, 5) is 21.3. The standard InChI is InChI=1S/C9H10N4OS/c1-5(2)13-4-6-3-10-8(14)11-7(6)12-9(13)15/h3-5H,1-2H3,(H,11,12,14,15). The zero-order valence-electron chi connectivity index (χ0n) is 8.39. The van der Waals surface area contributed by atoms with Crippen LogP contribution in [0, 0.1) is 4.77 Å². The molecule has 0 aliphatic carbocycles. The predicted molar refractivity (Wildman–Crippen MR) is 59.4 cm³/mol. The molecule has 0 aliphatic heterocycles. The summed E-state index contributed by atoms with van der Waals surface area (Å²) in [5.41, 5.74) is 0.0728. The molecule has 0 fully saturated rings. The van der Waals surface area contributed by atoms with Crippen LogP contribution in [0.15, 0.2) is 17.2 Å². The van der Waals surface area contributed by atoms with Crippen molar-refractivity contribution in [3.63, 3.8) is 0 Å². The van der Waals surface area contributed by atoms with Crippen LogP contribution in [-0.4, -0.2) is 19.5 Å². The number of rotatable bonds is 1. The molecule has 0 atom stereocenters. The molecule has 2 aromatic heterocycles. The molecule has 0 saturated heterocycles. The van der Waals surface area contributed by atoms with Crippen molar-refractivity contribution in [2.75, 3.05) is 0 Å². The normalized spacial score (nSPS) is 11.1. The fourth-order valence-corrected chi connectivity index (χ4v) is 1.67. The van der Waals surface area contributed by atoms with Crippen molar-refractivity contribution in [2.24, 2.45) is 0 Å². The van der Waals surface area contributed by atoms with Crippen LogP contribution in [0.5, 0.6) is 0 Å². The van der Waals surface area contributed by atoms with Gasteiger partial charge in [0.15, 0.2) is 0 Å². The Balaban J connectivity index is 2.82. The number of nitrogens with zero attached hydrogens (tertiary/aromatic N) is 3. The minimum Gasteiger partial charge on any atom is -0.320 e. The summed E-state index contributed by atoms with van der Waals surface area (Å²) >= 11 is 5.11. The Hall–Kier alpha value is -1.56. The molecule has 1 N–H and O–H groups in total. The smallest absolute Gasteiger partial charge is 0.320 e. The van der Waals surface area contributed by atoms with E-state index in [4.69, 9.17) is 12.2 Å². The number of nitrogens with one attached hydrogen (secondary N) is 1. The summed E-state index contributed by atoms with van der Waals surface area (Å²) in [5.74, 6) is 0. The summed E-state index contributed by atoms with van der Waals surface area (Å²) in [6, 6.07) is 0.237. The van der Waals surface area contributed by atoms with Crippen molar-refractivity contribution in [2.45, 2.75) is 19.9 Å². The lowest BCUT2D eigenvalue weighted by Crippen LogP contribution is -2.12. The average molecular weight is 222 g/mol. The number of aromatic nitrogens is 4. The molecule has 0 spiro atoms. The SMILES string of the molecule is CC(C)n1cc2cnc(=O)[nH]c2nc1=S. The Morgan fingerprint density at radius 1 is 1.53 bits per heavy atom. The van der Waals surface area contributed by atoms with E-state index in [0.29, 0.717) is 10.4 Å². The largest absolute Gasteiger partial charge is 0.346 e. The third-order valence-corrected chi connectivity index (χ3v) is 2.38. The lowest BCUT2D eigenvalue weighted by atomic mass is 10.3. The highest BCUT2D eigenvalue weighted by molar-refractivity contribution is 7.71. The summed E-state index contributed by atoms with van der Waals surface area (Å²) in [6.45, 7) is 4.03. The summed E-state index contributed by atoms with van der Waals surface area (Å²) in [7, 11) is 0. The minimum absolute atomic E-state index is 0.237. The molecular weight excluding hydrogens is 212 g/mol. The number of H-pyrrole nitrogens is 1. The van der Waals surface area contributed by atoms with Crippen molar-refractivity contribution in [1.29, 1.82) is 0 Å². The van der Waals surface area contributed by atoms with Gasteiger partial charge in [-0.2, -0.15) is 0 Å². The third kappa shape index (κ3) is 1.80. The maximum Gasteiger partial charge on any atom is 0.346 e. The zero-order chi connectivity index (χ0) is 11.0. The number of hydrogen-bond acceptors (Lipinski definition) is 4. The molecule has 2 rings (SSSR count). The first kappa shape index (κ1) is 9.97. The maximum atomic E-state index is 11.0. The summed E-state index contributed by atoms with van der Waals surface area (Å²) < 4.78 is 2.32. The van der Waals surface area contributed by atoms with Gasteiger partial charge in [-0.3, -0.25) is 4.98 Å². The van der Waals surface area contributed by atoms with E-state index in [0.717, 1.165) is 5.39 Å². The predicted octanol–water partition coefficient (Wildman–Crippen LogP) is 1.43. The first-order chi connectivity index (χ1) is 7.08. The summed E-state index contributed by atoms with van der Waals surface area (Å²) in [6.07, 6.45) is 3.34. The number of aromatic amines is 1. The monoisotopic (exact) mass is 222 g/mol. The molecule has 78 valence electrons. The second-order valence-corrected chi connectivity index (χ2v) is 3.88. The van der Waals surface area contributed by atoms with E-state index in [1.165, 1.54) is 6.20 Å². The van der Waals surface area contributed by atoms with E-state index in [1.54, 1.807) is 0 Å². The Morgan fingerprint density at radius 3 is 2.93 bits per heavy atom. The van der Waals surface area contributed by atoms with Gasteiger partial charge in [-0.15, -0.1) is 0 Å². The molecule has 2 heterocycles.